The Morgan fingerprint density at radius 1 is 1.35 bits per heavy atom. The zero-order valence-electron chi connectivity index (χ0n) is 13.5. The summed E-state index contributed by atoms with van der Waals surface area (Å²) in [6, 6.07) is 6.28. The summed E-state index contributed by atoms with van der Waals surface area (Å²) < 4.78 is 1.90. The summed E-state index contributed by atoms with van der Waals surface area (Å²) >= 11 is 6.40. The van der Waals surface area contributed by atoms with Crippen LogP contribution in [0.25, 0.3) is 10.9 Å². The smallest absolute Gasteiger partial charge is 0.222 e. The van der Waals surface area contributed by atoms with Crippen LogP contribution in [-0.4, -0.2) is 51.7 Å². The molecule has 2 atom stereocenters. The number of piperidine rings is 1. The maximum atomic E-state index is 11.9. The lowest BCUT2D eigenvalue weighted by Gasteiger charge is -2.36. The molecule has 1 aromatic heterocycles. The van der Waals surface area contributed by atoms with Crippen LogP contribution in [0.4, 0.5) is 0 Å². The molecule has 1 amide bonds. The van der Waals surface area contributed by atoms with Gasteiger partial charge in [0.05, 0.1) is 16.2 Å². The normalized spacial score (nSPS) is 25.3. The summed E-state index contributed by atoms with van der Waals surface area (Å²) in [6.07, 6.45) is 1.80. The van der Waals surface area contributed by atoms with E-state index in [0.717, 1.165) is 47.7 Å². The first-order valence-electron chi connectivity index (χ1n) is 8.12. The second-order valence-electron chi connectivity index (χ2n) is 6.76. The van der Waals surface area contributed by atoms with Gasteiger partial charge in [-0.2, -0.15) is 5.10 Å². The van der Waals surface area contributed by atoms with Gasteiger partial charge < -0.3 is 4.90 Å². The van der Waals surface area contributed by atoms with Gasteiger partial charge in [0.1, 0.15) is 0 Å². The Labute approximate surface area is 140 Å². The Morgan fingerprint density at radius 3 is 3.00 bits per heavy atom. The fourth-order valence-corrected chi connectivity index (χ4v) is 4.37. The number of aromatic nitrogens is 2. The van der Waals surface area contributed by atoms with Crippen molar-refractivity contribution in [3.05, 3.63) is 28.9 Å². The highest BCUT2D eigenvalue weighted by molar-refractivity contribution is 6.35. The third kappa shape index (κ3) is 2.42. The minimum atomic E-state index is 0.285. The highest BCUT2D eigenvalue weighted by Crippen LogP contribution is 2.33. The Morgan fingerprint density at radius 2 is 2.17 bits per heavy atom. The van der Waals surface area contributed by atoms with Crippen LogP contribution in [-0.2, 0) is 18.4 Å². The van der Waals surface area contributed by atoms with E-state index >= 15 is 0 Å². The summed E-state index contributed by atoms with van der Waals surface area (Å²) in [5.41, 5.74) is 2.09. The van der Waals surface area contributed by atoms with Gasteiger partial charge in [-0.25, -0.2) is 0 Å². The number of hydrogen-bond acceptors (Lipinski definition) is 3. The number of aryl methyl sites for hydroxylation is 1. The second kappa shape index (κ2) is 5.49. The van der Waals surface area contributed by atoms with Crippen LogP contribution in [0.1, 0.15) is 18.5 Å². The van der Waals surface area contributed by atoms with Gasteiger partial charge in [-0.15, -0.1) is 0 Å². The third-order valence-corrected chi connectivity index (χ3v) is 5.72. The number of hydrogen-bond donors (Lipinski definition) is 0. The van der Waals surface area contributed by atoms with Crippen LogP contribution in [0.5, 0.6) is 0 Å². The van der Waals surface area contributed by atoms with Gasteiger partial charge in [0.15, 0.2) is 0 Å². The number of rotatable bonds is 2. The molecule has 0 spiro atoms. The van der Waals surface area contributed by atoms with E-state index in [-0.39, 0.29) is 5.91 Å². The minimum absolute atomic E-state index is 0.285. The summed E-state index contributed by atoms with van der Waals surface area (Å²) in [4.78, 5) is 16.2. The van der Waals surface area contributed by atoms with Crippen molar-refractivity contribution in [1.82, 2.24) is 19.6 Å². The molecule has 2 aliphatic rings. The Balaban J connectivity index is 1.59. The molecule has 0 unspecified atom stereocenters. The summed E-state index contributed by atoms with van der Waals surface area (Å²) in [5.74, 6) is 0.806. The van der Waals surface area contributed by atoms with E-state index in [2.05, 4.69) is 10.00 Å². The number of carbonyl (C=O) groups excluding carboxylic acids is 1. The Hall–Kier alpha value is -1.59. The topological polar surface area (TPSA) is 41.4 Å². The van der Waals surface area contributed by atoms with Gasteiger partial charge >= 0.3 is 0 Å². The molecule has 122 valence electrons. The fourth-order valence-electron chi connectivity index (χ4n) is 4.09. The molecule has 2 aliphatic heterocycles. The van der Waals surface area contributed by atoms with Gasteiger partial charge in [-0.1, -0.05) is 17.7 Å². The highest BCUT2D eigenvalue weighted by atomic mass is 35.5. The van der Waals surface area contributed by atoms with Crippen LogP contribution in [0.15, 0.2) is 18.2 Å². The van der Waals surface area contributed by atoms with Gasteiger partial charge in [0.25, 0.3) is 0 Å². The lowest BCUT2D eigenvalue weighted by Crippen LogP contribution is -2.47. The first kappa shape index (κ1) is 15.0. The SMILES string of the molecule is CN1C(=O)C[C@H]2CCN(Cc3nn(C)c4cccc(Cl)c34)C[C@H]21. The average Bonchev–Trinajstić information content (AvgIpc) is 2.99. The predicted molar refractivity (Wildman–Crippen MR) is 90.3 cm³/mol. The molecule has 3 heterocycles. The fraction of sp³-hybridized carbons (Fsp3) is 0.529. The first-order valence-corrected chi connectivity index (χ1v) is 8.50. The van der Waals surface area contributed by atoms with Crippen molar-refractivity contribution >= 4 is 28.4 Å². The van der Waals surface area contributed by atoms with Crippen molar-refractivity contribution in [1.29, 1.82) is 0 Å². The summed E-state index contributed by atoms with van der Waals surface area (Å²) in [5, 5.41) is 6.48. The molecule has 4 rings (SSSR count). The molecular weight excluding hydrogens is 312 g/mol. The third-order valence-electron chi connectivity index (χ3n) is 5.41. The van der Waals surface area contributed by atoms with E-state index in [1.165, 1.54) is 0 Å². The molecule has 0 saturated carbocycles. The molecule has 2 aromatic rings. The molecule has 0 N–H and O–H groups in total. The van der Waals surface area contributed by atoms with Crippen molar-refractivity contribution < 1.29 is 4.79 Å². The predicted octanol–water partition coefficient (Wildman–Crippen LogP) is 2.28. The zero-order chi connectivity index (χ0) is 16.1. The van der Waals surface area contributed by atoms with Crippen LogP contribution in [0.2, 0.25) is 5.02 Å². The maximum Gasteiger partial charge on any atom is 0.222 e. The van der Waals surface area contributed by atoms with Crippen LogP contribution in [0, 0.1) is 5.92 Å². The summed E-state index contributed by atoms with van der Waals surface area (Å²) in [6.45, 7) is 2.73. The van der Waals surface area contributed by atoms with E-state index in [1.807, 2.05) is 41.9 Å². The number of fused-ring (bicyclic) bond motifs is 2. The van der Waals surface area contributed by atoms with E-state index in [9.17, 15) is 4.79 Å². The highest BCUT2D eigenvalue weighted by Gasteiger charge is 2.41. The molecule has 2 fully saturated rings. The van der Waals surface area contributed by atoms with Crippen molar-refractivity contribution in [3.8, 4) is 0 Å². The maximum absolute atomic E-state index is 11.9. The number of likely N-dealkylation sites (tertiary alicyclic amines) is 2. The van der Waals surface area contributed by atoms with E-state index in [4.69, 9.17) is 11.6 Å². The molecule has 0 aliphatic carbocycles. The molecule has 5 nitrogen and oxygen atoms in total. The monoisotopic (exact) mass is 332 g/mol. The minimum Gasteiger partial charge on any atom is -0.341 e. The van der Waals surface area contributed by atoms with Crippen molar-refractivity contribution in [2.24, 2.45) is 13.0 Å². The average molecular weight is 333 g/mol. The van der Waals surface area contributed by atoms with Crippen molar-refractivity contribution in [2.75, 3.05) is 20.1 Å². The van der Waals surface area contributed by atoms with E-state index in [1.54, 1.807) is 0 Å². The van der Waals surface area contributed by atoms with Crippen molar-refractivity contribution in [3.63, 3.8) is 0 Å². The molecule has 1 aromatic carbocycles. The largest absolute Gasteiger partial charge is 0.341 e. The molecule has 0 radical (unpaired) electrons. The number of amides is 1. The van der Waals surface area contributed by atoms with E-state index < -0.39 is 0 Å². The molecule has 23 heavy (non-hydrogen) atoms. The number of nitrogens with zero attached hydrogens (tertiary/aromatic N) is 4. The lowest BCUT2D eigenvalue weighted by molar-refractivity contribution is -0.127. The number of halogens is 1. The van der Waals surface area contributed by atoms with E-state index in [0.29, 0.717) is 18.4 Å². The van der Waals surface area contributed by atoms with Gasteiger partial charge in [0, 0.05) is 45.0 Å². The number of benzene rings is 1. The van der Waals surface area contributed by atoms with Crippen molar-refractivity contribution in [2.45, 2.75) is 25.4 Å². The van der Waals surface area contributed by atoms with Gasteiger partial charge in [0.2, 0.25) is 5.91 Å². The quantitative estimate of drug-likeness (QED) is 0.847. The summed E-state index contributed by atoms with van der Waals surface area (Å²) in [7, 11) is 3.89. The van der Waals surface area contributed by atoms with Crippen LogP contribution < -0.4 is 0 Å². The number of carbonyl (C=O) groups is 1. The number of likely N-dealkylation sites (N-methyl/N-ethyl adjacent to an activating group) is 1. The standard InChI is InChI=1S/C17H21ClN4O/c1-20-15-10-22(7-6-11(15)8-16(20)23)9-13-17-12(18)4-3-5-14(17)21(2)19-13/h3-5,11,15H,6-10H2,1-2H3/t11-,15-/m1/s1. The zero-order valence-corrected chi connectivity index (χ0v) is 14.3. The van der Waals surface area contributed by atoms with Crippen LogP contribution in [0.3, 0.4) is 0 Å². The molecule has 0 bridgehead atoms. The first-order chi connectivity index (χ1) is 11.0. The van der Waals surface area contributed by atoms with Crippen LogP contribution >= 0.6 is 11.6 Å². The second-order valence-corrected chi connectivity index (χ2v) is 7.17. The van der Waals surface area contributed by atoms with Gasteiger partial charge in [-0.05, 0) is 31.0 Å². The Bertz CT molecular complexity index is 771. The molecule has 2 saturated heterocycles. The Kier molecular flexibility index (Phi) is 3.58. The lowest BCUT2D eigenvalue weighted by atomic mass is 9.92. The molecular formula is C17H21ClN4O. The van der Waals surface area contributed by atoms with Gasteiger partial charge in [-0.3, -0.25) is 14.4 Å². The molecule has 6 heteroatoms.